The fourth-order valence-corrected chi connectivity index (χ4v) is 1.53. The van der Waals surface area contributed by atoms with E-state index in [4.69, 9.17) is 11.6 Å². The Kier molecular flexibility index (Phi) is 5.66. The summed E-state index contributed by atoms with van der Waals surface area (Å²) in [5, 5.41) is 3.37. The smallest absolute Gasteiger partial charge is 0.123 e. The normalized spacial score (nSPS) is 12.7. The summed E-state index contributed by atoms with van der Waals surface area (Å²) in [6, 6.07) is 7.03. The average molecular weight is 230 g/mol. The number of hydrogen-bond donors (Lipinski definition) is 1. The maximum absolute atomic E-state index is 12.6. The van der Waals surface area contributed by atoms with E-state index in [9.17, 15) is 4.39 Å². The van der Waals surface area contributed by atoms with Crippen LogP contribution in [0.15, 0.2) is 24.3 Å². The number of halogens is 2. The third-order valence-electron chi connectivity index (χ3n) is 2.34. The first-order chi connectivity index (χ1) is 7.22. The number of nitrogens with one attached hydrogen (secondary N) is 1. The molecule has 0 aliphatic carbocycles. The Morgan fingerprint density at radius 2 is 2.00 bits per heavy atom. The lowest BCUT2D eigenvalue weighted by atomic mass is 10.1. The van der Waals surface area contributed by atoms with Crippen molar-refractivity contribution in [3.05, 3.63) is 35.6 Å². The predicted molar refractivity (Wildman–Crippen MR) is 62.7 cm³/mol. The topological polar surface area (TPSA) is 12.0 Å². The standard InChI is InChI=1S/C12H17ClFN/c1-10(3-2-8-13)15-9-11-4-6-12(14)7-5-11/h4-7,10,15H,2-3,8-9H2,1H3. The van der Waals surface area contributed by atoms with Crippen molar-refractivity contribution in [2.75, 3.05) is 5.88 Å². The van der Waals surface area contributed by atoms with Crippen LogP contribution in [0.1, 0.15) is 25.3 Å². The lowest BCUT2D eigenvalue weighted by molar-refractivity contribution is 0.509. The summed E-state index contributed by atoms with van der Waals surface area (Å²) >= 11 is 5.61. The Morgan fingerprint density at radius 3 is 2.60 bits per heavy atom. The van der Waals surface area contributed by atoms with Crippen molar-refractivity contribution in [3.63, 3.8) is 0 Å². The molecule has 0 saturated heterocycles. The Labute approximate surface area is 95.6 Å². The van der Waals surface area contributed by atoms with E-state index >= 15 is 0 Å². The van der Waals surface area contributed by atoms with Gasteiger partial charge in [-0.1, -0.05) is 12.1 Å². The van der Waals surface area contributed by atoms with Crippen molar-refractivity contribution in [2.45, 2.75) is 32.4 Å². The summed E-state index contributed by atoms with van der Waals surface area (Å²) in [7, 11) is 0. The molecule has 0 saturated carbocycles. The van der Waals surface area contributed by atoms with Gasteiger partial charge in [0, 0.05) is 18.5 Å². The maximum atomic E-state index is 12.6. The highest BCUT2D eigenvalue weighted by molar-refractivity contribution is 6.17. The van der Waals surface area contributed by atoms with Gasteiger partial charge in [-0.05, 0) is 37.5 Å². The van der Waals surface area contributed by atoms with Crippen LogP contribution >= 0.6 is 11.6 Å². The van der Waals surface area contributed by atoms with Crippen LogP contribution in [0.5, 0.6) is 0 Å². The number of benzene rings is 1. The van der Waals surface area contributed by atoms with Crippen LogP contribution in [0.3, 0.4) is 0 Å². The van der Waals surface area contributed by atoms with Gasteiger partial charge in [-0.25, -0.2) is 4.39 Å². The molecule has 0 bridgehead atoms. The van der Waals surface area contributed by atoms with Crippen molar-refractivity contribution in [3.8, 4) is 0 Å². The maximum Gasteiger partial charge on any atom is 0.123 e. The molecular weight excluding hydrogens is 213 g/mol. The molecule has 84 valence electrons. The van der Waals surface area contributed by atoms with Crippen LogP contribution in [0.2, 0.25) is 0 Å². The molecule has 1 atom stereocenters. The summed E-state index contributed by atoms with van der Waals surface area (Å²) in [5.41, 5.74) is 1.11. The van der Waals surface area contributed by atoms with Gasteiger partial charge in [0.15, 0.2) is 0 Å². The molecular formula is C12H17ClFN. The van der Waals surface area contributed by atoms with Crippen LogP contribution in [0.25, 0.3) is 0 Å². The van der Waals surface area contributed by atoms with Crippen LogP contribution in [0, 0.1) is 5.82 Å². The molecule has 0 radical (unpaired) electrons. The molecule has 1 N–H and O–H groups in total. The van der Waals surface area contributed by atoms with Gasteiger partial charge < -0.3 is 5.32 Å². The summed E-state index contributed by atoms with van der Waals surface area (Å²) in [4.78, 5) is 0. The van der Waals surface area contributed by atoms with Crippen LogP contribution in [-0.2, 0) is 6.54 Å². The average Bonchev–Trinajstić information content (AvgIpc) is 2.25. The Balaban J connectivity index is 2.27. The molecule has 3 heteroatoms. The van der Waals surface area contributed by atoms with E-state index in [2.05, 4.69) is 12.2 Å². The molecule has 0 aliphatic rings. The minimum atomic E-state index is -0.186. The van der Waals surface area contributed by atoms with Crippen molar-refractivity contribution in [1.82, 2.24) is 5.32 Å². The quantitative estimate of drug-likeness (QED) is 0.738. The van der Waals surface area contributed by atoms with Crippen molar-refractivity contribution >= 4 is 11.6 Å². The molecule has 0 aromatic heterocycles. The summed E-state index contributed by atoms with van der Waals surface area (Å²) in [6.07, 6.45) is 2.10. The first kappa shape index (κ1) is 12.5. The van der Waals surface area contributed by atoms with Gasteiger partial charge in [0.05, 0.1) is 0 Å². The van der Waals surface area contributed by atoms with Crippen LogP contribution in [0.4, 0.5) is 4.39 Å². The fraction of sp³-hybridized carbons (Fsp3) is 0.500. The highest BCUT2D eigenvalue weighted by atomic mass is 35.5. The molecule has 0 heterocycles. The van der Waals surface area contributed by atoms with Gasteiger partial charge in [-0.3, -0.25) is 0 Å². The molecule has 0 amide bonds. The molecule has 1 aromatic rings. The van der Waals surface area contributed by atoms with E-state index in [1.807, 2.05) is 0 Å². The predicted octanol–water partition coefficient (Wildman–Crippen LogP) is 3.32. The third kappa shape index (κ3) is 5.14. The second-order valence-electron chi connectivity index (χ2n) is 3.74. The highest BCUT2D eigenvalue weighted by Crippen LogP contribution is 2.04. The van der Waals surface area contributed by atoms with E-state index in [0.717, 1.165) is 24.9 Å². The van der Waals surface area contributed by atoms with Gasteiger partial charge in [-0.15, -0.1) is 11.6 Å². The van der Waals surface area contributed by atoms with Gasteiger partial charge in [0.1, 0.15) is 5.82 Å². The zero-order chi connectivity index (χ0) is 11.1. The number of alkyl halides is 1. The molecule has 0 aliphatic heterocycles. The molecule has 1 nitrogen and oxygen atoms in total. The Bertz CT molecular complexity index is 273. The highest BCUT2D eigenvalue weighted by Gasteiger charge is 2.00. The van der Waals surface area contributed by atoms with Crippen molar-refractivity contribution < 1.29 is 4.39 Å². The lowest BCUT2D eigenvalue weighted by Crippen LogP contribution is -2.25. The van der Waals surface area contributed by atoms with Crippen molar-refractivity contribution in [1.29, 1.82) is 0 Å². The van der Waals surface area contributed by atoms with E-state index in [1.165, 1.54) is 12.1 Å². The summed E-state index contributed by atoms with van der Waals surface area (Å²) in [5.74, 6) is 0.525. The largest absolute Gasteiger partial charge is 0.310 e. The van der Waals surface area contributed by atoms with Gasteiger partial charge in [-0.2, -0.15) is 0 Å². The molecule has 15 heavy (non-hydrogen) atoms. The number of rotatable bonds is 6. The Hall–Kier alpha value is -0.600. The van der Waals surface area contributed by atoms with Gasteiger partial charge >= 0.3 is 0 Å². The minimum Gasteiger partial charge on any atom is -0.310 e. The second kappa shape index (κ2) is 6.81. The summed E-state index contributed by atoms with van der Waals surface area (Å²) < 4.78 is 12.6. The first-order valence-corrected chi connectivity index (χ1v) is 5.79. The molecule has 1 unspecified atom stereocenters. The van der Waals surface area contributed by atoms with Crippen LogP contribution < -0.4 is 5.32 Å². The molecule has 0 spiro atoms. The van der Waals surface area contributed by atoms with Crippen LogP contribution in [-0.4, -0.2) is 11.9 Å². The van der Waals surface area contributed by atoms with Crippen molar-refractivity contribution in [2.24, 2.45) is 0 Å². The fourth-order valence-electron chi connectivity index (χ4n) is 1.38. The molecule has 1 rings (SSSR count). The lowest BCUT2D eigenvalue weighted by Gasteiger charge is -2.12. The number of hydrogen-bond acceptors (Lipinski definition) is 1. The Morgan fingerprint density at radius 1 is 1.33 bits per heavy atom. The van der Waals surface area contributed by atoms with E-state index < -0.39 is 0 Å². The summed E-state index contributed by atoms with van der Waals surface area (Å²) in [6.45, 7) is 2.92. The third-order valence-corrected chi connectivity index (χ3v) is 2.61. The van der Waals surface area contributed by atoms with Gasteiger partial charge in [0.25, 0.3) is 0 Å². The zero-order valence-corrected chi connectivity index (χ0v) is 9.73. The van der Waals surface area contributed by atoms with E-state index in [1.54, 1.807) is 12.1 Å². The minimum absolute atomic E-state index is 0.186. The SMILES string of the molecule is CC(CCCCl)NCc1ccc(F)cc1. The molecule has 0 fully saturated rings. The molecule has 1 aromatic carbocycles. The van der Waals surface area contributed by atoms with E-state index in [0.29, 0.717) is 11.9 Å². The van der Waals surface area contributed by atoms with Gasteiger partial charge in [0.2, 0.25) is 0 Å². The van der Waals surface area contributed by atoms with E-state index in [-0.39, 0.29) is 5.82 Å². The monoisotopic (exact) mass is 229 g/mol. The second-order valence-corrected chi connectivity index (χ2v) is 4.12. The first-order valence-electron chi connectivity index (χ1n) is 5.26. The zero-order valence-electron chi connectivity index (χ0n) is 8.97.